The molecule has 2 amide bonds. The lowest BCUT2D eigenvalue weighted by Gasteiger charge is -2.30. The van der Waals surface area contributed by atoms with Crippen molar-refractivity contribution in [3.05, 3.63) is 41.4 Å². The summed E-state index contributed by atoms with van der Waals surface area (Å²) in [7, 11) is 0. The van der Waals surface area contributed by atoms with Crippen LogP contribution in [0.1, 0.15) is 49.0 Å². The number of amides is 2. The molecular formula is C24H30ClN9O3. The van der Waals surface area contributed by atoms with Crippen molar-refractivity contribution in [1.29, 1.82) is 0 Å². The summed E-state index contributed by atoms with van der Waals surface area (Å²) in [5.74, 6) is -0.0691. The summed E-state index contributed by atoms with van der Waals surface area (Å²) in [5, 5.41) is 26.8. The van der Waals surface area contributed by atoms with E-state index in [2.05, 4.69) is 36.3 Å². The fourth-order valence-corrected chi connectivity index (χ4v) is 4.58. The Balaban J connectivity index is 1.31. The van der Waals surface area contributed by atoms with Gasteiger partial charge in [0.25, 0.3) is 5.91 Å². The van der Waals surface area contributed by atoms with Crippen molar-refractivity contribution in [2.75, 3.05) is 22.6 Å². The van der Waals surface area contributed by atoms with Crippen LogP contribution in [0.2, 0.25) is 5.15 Å². The Morgan fingerprint density at radius 3 is 2.49 bits per heavy atom. The number of nitrogens with two attached hydrogens (primary N) is 1. The number of rotatable bonds is 9. The lowest BCUT2D eigenvalue weighted by molar-refractivity contribution is -0.124. The van der Waals surface area contributed by atoms with Crippen LogP contribution in [-0.2, 0) is 4.79 Å². The minimum absolute atomic E-state index is 0.0244. The molecule has 3 aromatic heterocycles. The molecule has 37 heavy (non-hydrogen) atoms. The molecule has 0 unspecified atom stereocenters. The Morgan fingerprint density at radius 2 is 1.78 bits per heavy atom. The standard InChI is InChI=1S/C24H30ClN9O3/c25-20-9-16(7-8-27-20)32-24(37)19-11-28-22-18(29-13-1-2-13)10-21(33-34(19)22)30-14-3-5-15(6-4-14)31-23(36)17(26)12-35/h7-11,13-15,17,29,35H,1-6,12,26H2,(H,30,33)(H,31,36)(H,27,32,37)/t14?,15?,17-/m0/s1. The number of pyridine rings is 1. The fraction of sp³-hybridized carbons (Fsp3) is 0.458. The predicted octanol–water partition coefficient (Wildman–Crippen LogP) is 1.76. The number of aromatic nitrogens is 4. The van der Waals surface area contributed by atoms with Gasteiger partial charge < -0.3 is 32.1 Å². The number of nitrogens with zero attached hydrogens (tertiary/aromatic N) is 4. The van der Waals surface area contributed by atoms with Crippen molar-refractivity contribution < 1.29 is 14.7 Å². The SMILES string of the molecule is N[C@@H](CO)C(=O)NC1CCC(Nc2cc(NC3CC3)c3ncc(C(=O)Nc4ccnc(Cl)c4)n3n2)CC1. The Bertz CT molecular complexity index is 1290. The topological polar surface area (TPSA) is 172 Å². The molecule has 2 aliphatic rings. The van der Waals surface area contributed by atoms with Gasteiger partial charge in [0.1, 0.15) is 17.0 Å². The van der Waals surface area contributed by atoms with E-state index in [9.17, 15) is 9.59 Å². The second-order valence-corrected chi connectivity index (χ2v) is 9.94. The number of hydrogen-bond donors (Lipinski definition) is 6. The monoisotopic (exact) mass is 527 g/mol. The largest absolute Gasteiger partial charge is 0.394 e. The van der Waals surface area contributed by atoms with Crippen molar-refractivity contribution in [2.45, 2.75) is 62.7 Å². The second-order valence-electron chi connectivity index (χ2n) is 9.55. The third-order valence-electron chi connectivity index (χ3n) is 6.58. The molecule has 13 heteroatoms. The Kier molecular flexibility index (Phi) is 7.40. The number of imidazole rings is 1. The zero-order valence-corrected chi connectivity index (χ0v) is 20.9. The normalized spacial score (nSPS) is 20.3. The van der Waals surface area contributed by atoms with Crippen LogP contribution in [0, 0.1) is 0 Å². The van der Waals surface area contributed by atoms with Crippen LogP contribution in [0.3, 0.4) is 0 Å². The third kappa shape index (κ3) is 6.09. The number of carbonyl (C=O) groups is 2. The van der Waals surface area contributed by atoms with E-state index in [0.717, 1.165) is 44.2 Å². The van der Waals surface area contributed by atoms with E-state index in [1.807, 2.05) is 6.07 Å². The molecule has 0 aliphatic heterocycles. The van der Waals surface area contributed by atoms with Crippen LogP contribution in [0.4, 0.5) is 17.2 Å². The zero-order chi connectivity index (χ0) is 25.9. The molecule has 2 aliphatic carbocycles. The summed E-state index contributed by atoms with van der Waals surface area (Å²) >= 11 is 5.95. The number of aliphatic hydroxyl groups is 1. The van der Waals surface area contributed by atoms with E-state index in [4.69, 9.17) is 22.4 Å². The summed E-state index contributed by atoms with van der Waals surface area (Å²) < 4.78 is 1.55. The number of halogens is 1. The van der Waals surface area contributed by atoms with Gasteiger partial charge in [-0.15, -0.1) is 5.10 Å². The van der Waals surface area contributed by atoms with Gasteiger partial charge in [-0.2, -0.15) is 0 Å². The first-order valence-electron chi connectivity index (χ1n) is 12.4. The fourth-order valence-electron chi connectivity index (χ4n) is 4.41. The molecule has 0 spiro atoms. The third-order valence-corrected chi connectivity index (χ3v) is 6.79. The van der Waals surface area contributed by atoms with E-state index in [1.54, 1.807) is 16.6 Å². The van der Waals surface area contributed by atoms with E-state index in [1.165, 1.54) is 12.4 Å². The van der Waals surface area contributed by atoms with Crippen LogP contribution in [0.15, 0.2) is 30.6 Å². The second kappa shape index (κ2) is 10.9. The van der Waals surface area contributed by atoms with Gasteiger partial charge in [-0.3, -0.25) is 9.59 Å². The molecule has 0 aromatic carbocycles. The van der Waals surface area contributed by atoms with Crippen molar-refractivity contribution in [1.82, 2.24) is 24.9 Å². The number of carbonyl (C=O) groups excluding carboxylic acids is 2. The molecule has 3 aromatic rings. The molecule has 0 saturated heterocycles. The van der Waals surface area contributed by atoms with Crippen LogP contribution < -0.4 is 27.0 Å². The maximum Gasteiger partial charge on any atom is 0.276 e. The van der Waals surface area contributed by atoms with E-state index >= 15 is 0 Å². The van der Waals surface area contributed by atoms with E-state index < -0.39 is 6.04 Å². The van der Waals surface area contributed by atoms with Crippen LogP contribution in [0.25, 0.3) is 5.65 Å². The van der Waals surface area contributed by atoms with Crippen molar-refractivity contribution in [2.24, 2.45) is 5.73 Å². The summed E-state index contributed by atoms with van der Waals surface area (Å²) in [4.78, 5) is 33.5. The van der Waals surface area contributed by atoms with Gasteiger partial charge in [0.2, 0.25) is 5.91 Å². The minimum Gasteiger partial charge on any atom is -0.394 e. The molecule has 0 bridgehead atoms. The molecular weight excluding hydrogens is 498 g/mol. The van der Waals surface area contributed by atoms with Crippen molar-refractivity contribution in [3.63, 3.8) is 0 Å². The highest BCUT2D eigenvalue weighted by molar-refractivity contribution is 6.29. The first-order chi connectivity index (χ1) is 17.9. The number of aliphatic hydroxyl groups excluding tert-OH is 1. The van der Waals surface area contributed by atoms with Gasteiger partial charge in [0.05, 0.1) is 18.5 Å². The first kappa shape index (κ1) is 25.2. The van der Waals surface area contributed by atoms with Crippen LogP contribution in [0.5, 0.6) is 0 Å². The van der Waals surface area contributed by atoms with Gasteiger partial charge in [0.15, 0.2) is 11.3 Å². The number of hydrogen-bond acceptors (Lipinski definition) is 9. The van der Waals surface area contributed by atoms with Gasteiger partial charge >= 0.3 is 0 Å². The molecule has 196 valence electrons. The van der Waals surface area contributed by atoms with Gasteiger partial charge in [0, 0.05) is 36.1 Å². The highest BCUT2D eigenvalue weighted by Gasteiger charge is 2.27. The highest BCUT2D eigenvalue weighted by Crippen LogP contribution is 2.30. The number of anilines is 3. The van der Waals surface area contributed by atoms with E-state index in [0.29, 0.717) is 23.2 Å². The molecule has 0 radical (unpaired) electrons. The summed E-state index contributed by atoms with van der Waals surface area (Å²) in [5.41, 5.74) is 7.80. The molecule has 5 rings (SSSR count). The van der Waals surface area contributed by atoms with Gasteiger partial charge in [-0.25, -0.2) is 14.5 Å². The summed E-state index contributed by atoms with van der Waals surface area (Å²) in [6.07, 6.45) is 8.41. The van der Waals surface area contributed by atoms with Crippen LogP contribution >= 0.6 is 11.6 Å². The zero-order valence-electron chi connectivity index (χ0n) is 20.2. The Morgan fingerprint density at radius 1 is 1.08 bits per heavy atom. The number of fused-ring (bicyclic) bond motifs is 1. The number of nitrogens with one attached hydrogen (secondary N) is 4. The molecule has 1 atom stereocenters. The quantitative estimate of drug-likeness (QED) is 0.227. The van der Waals surface area contributed by atoms with E-state index in [-0.39, 0.29) is 41.4 Å². The maximum absolute atomic E-state index is 13.1. The molecule has 2 fully saturated rings. The predicted molar refractivity (Wildman–Crippen MR) is 140 cm³/mol. The first-order valence-corrected chi connectivity index (χ1v) is 12.8. The van der Waals surface area contributed by atoms with Gasteiger partial charge in [-0.1, -0.05) is 11.6 Å². The lowest BCUT2D eigenvalue weighted by atomic mass is 9.91. The summed E-state index contributed by atoms with van der Waals surface area (Å²) in [6.45, 7) is -0.376. The average molecular weight is 528 g/mol. The maximum atomic E-state index is 13.1. The molecule has 2 saturated carbocycles. The van der Waals surface area contributed by atoms with Crippen LogP contribution in [-0.4, -0.2) is 67.3 Å². The minimum atomic E-state index is -0.902. The highest BCUT2D eigenvalue weighted by atomic mass is 35.5. The molecule has 12 nitrogen and oxygen atoms in total. The van der Waals surface area contributed by atoms with Crippen molar-refractivity contribution in [3.8, 4) is 0 Å². The van der Waals surface area contributed by atoms with Gasteiger partial charge in [-0.05, 0) is 50.7 Å². The Hall–Kier alpha value is -3.48. The molecule has 7 N–H and O–H groups in total. The smallest absolute Gasteiger partial charge is 0.276 e. The molecule has 3 heterocycles. The lowest BCUT2D eigenvalue weighted by Crippen LogP contribution is -2.48. The van der Waals surface area contributed by atoms with Crippen molar-refractivity contribution >= 4 is 46.3 Å². The average Bonchev–Trinajstić information content (AvgIpc) is 3.59. The summed E-state index contributed by atoms with van der Waals surface area (Å²) in [6, 6.07) is 4.81. The Labute approximate surface area is 218 Å².